The number of benzene rings is 1. The molecule has 104 valence electrons. The number of nitrogens with zero attached hydrogens (tertiary/aromatic N) is 1. The molecule has 2 rings (SSSR count). The highest BCUT2D eigenvalue weighted by Crippen LogP contribution is 2.27. The van der Waals surface area contributed by atoms with E-state index in [-0.39, 0.29) is 0 Å². The fourth-order valence-electron chi connectivity index (χ4n) is 2.14. The van der Waals surface area contributed by atoms with Crippen molar-refractivity contribution in [3.63, 3.8) is 0 Å². The lowest BCUT2D eigenvalue weighted by Gasteiger charge is -2.29. The van der Waals surface area contributed by atoms with Crippen molar-refractivity contribution in [3.8, 4) is 0 Å². The average molecular weight is 301 g/mol. The van der Waals surface area contributed by atoms with Crippen LogP contribution in [-0.2, 0) is 10.0 Å². The Hall–Kier alpha value is -0.880. The number of halogens is 1. The summed E-state index contributed by atoms with van der Waals surface area (Å²) >= 11 is 5.83. The van der Waals surface area contributed by atoms with Gasteiger partial charge >= 0.3 is 0 Å². The number of sulfonamides is 1. The Morgan fingerprint density at radius 3 is 2.37 bits per heavy atom. The summed E-state index contributed by atoms with van der Waals surface area (Å²) in [6.45, 7) is 6.04. The van der Waals surface area contributed by atoms with E-state index in [2.05, 4.69) is 11.9 Å². The van der Waals surface area contributed by atoms with Gasteiger partial charge in [0.25, 0.3) is 0 Å². The maximum atomic E-state index is 12.6. The van der Waals surface area contributed by atoms with E-state index in [1.165, 1.54) is 10.4 Å². The molecule has 1 atom stereocenters. The molecule has 1 N–H and O–H groups in total. The monoisotopic (exact) mass is 300 g/mol. The first-order valence-corrected chi connectivity index (χ1v) is 8.01. The summed E-state index contributed by atoms with van der Waals surface area (Å²) in [5, 5.41) is 3.01. The molecule has 19 heavy (non-hydrogen) atoms. The molecule has 1 heterocycles. The molecule has 0 aliphatic carbocycles. The van der Waals surface area contributed by atoms with Gasteiger partial charge < -0.3 is 5.32 Å². The maximum Gasteiger partial charge on any atom is 0.224 e. The molecule has 1 unspecified atom stereocenters. The van der Waals surface area contributed by atoms with Gasteiger partial charge in [-0.05, 0) is 17.7 Å². The Kier molecular flexibility index (Phi) is 4.62. The zero-order valence-electron chi connectivity index (χ0n) is 10.5. The fourth-order valence-corrected chi connectivity index (χ4v) is 4.02. The van der Waals surface area contributed by atoms with E-state index in [0.717, 1.165) is 0 Å². The van der Waals surface area contributed by atoms with Gasteiger partial charge in [0.05, 0.1) is 0 Å². The first-order valence-electron chi connectivity index (χ1n) is 6.13. The molecular formula is C13H17ClN2O2S. The predicted octanol–water partition coefficient (Wildman–Crippen LogP) is 1.80. The first kappa shape index (κ1) is 14.5. The number of hydrogen-bond donors (Lipinski definition) is 1. The first-order chi connectivity index (χ1) is 9.05. The van der Waals surface area contributed by atoms with E-state index in [9.17, 15) is 8.42 Å². The minimum Gasteiger partial charge on any atom is -0.314 e. The summed E-state index contributed by atoms with van der Waals surface area (Å²) in [5.74, 6) is 0. The summed E-state index contributed by atoms with van der Waals surface area (Å²) < 4.78 is 26.7. The predicted molar refractivity (Wildman–Crippen MR) is 77.8 cm³/mol. The third kappa shape index (κ3) is 3.17. The highest BCUT2D eigenvalue weighted by molar-refractivity contribution is 7.89. The highest BCUT2D eigenvalue weighted by atomic mass is 35.5. The molecule has 4 nitrogen and oxygen atoms in total. The van der Waals surface area contributed by atoms with Gasteiger partial charge in [-0.3, -0.25) is 0 Å². The fraction of sp³-hybridized carbons (Fsp3) is 0.385. The lowest BCUT2D eigenvalue weighted by atomic mass is 10.1. The summed E-state index contributed by atoms with van der Waals surface area (Å²) in [7, 11) is -3.41. The Bertz CT molecular complexity index is 536. The molecule has 6 heteroatoms. The Balaban J connectivity index is 2.29. The largest absolute Gasteiger partial charge is 0.314 e. The van der Waals surface area contributed by atoms with Crippen molar-refractivity contribution in [2.45, 2.75) is 5.25 Å². The summed E-state index contributed by atoms with van der Waals surface area (Å²) in [5.41, 5.74) is 0.693. The molecule has 1 fully saturated rings. The van der Waals surface area contributed by atoms with Crippen molar-refractivity contribution in [3.05, 3.63) is 47.5 Å². The zero-order chi connectivity index (χ0) is 13.9. The van der Waals surface area contributed by atoms with Gasteiger partial charge in [0.15, 0.2) is 0 Å². The Morgan fingerprint density at radius 2 is 1.84 bits per heavy atom. The molecule has 0 bridgehead atoms. The van der Waals surface area contributed by atoms with Gasteiger partial charge in [-0.25, -0.2) is 8.42 Å². The number of rotatable bonds is 4. The molecule has 1 aromatic carbocycles. The molecule has 1 aliphatic rings. The molecule has 0 radical (unpaired) electrons. The topological polar surface area (TPSA) is 49.4 Å². The summed E-state index contributed by atoms with van der Waals surface area (Å²) in [6.07, 6.45) is 1.47. The van der Waals surface area contributed by atoms with Crippen LogP contribution in [0.1, 0.15) is 10.8 Å². The third-order valence-corrected chi connectivity index (χ3v) is 5.61. The molecule has 0 amide bonds. The van der Waals surface area contributed by atoms with Crippen LogP contribution in [0.4, 0.5) is 0 Å². The normalized spacial score (nSPS) is 19.0. The van der Waals surface area contributed by atoms with Gasteiger partial charge in [0.2, 0.25) is 10.0 Å². The smallest absolute Gasteiger partial charge is 0.224 e. The van der Waals surface area contributed by atoms with E-state index in [0.29, 0.717) is 36.8 Å². The molecule has 0 saturated carbocycles. The SMILES string of the molecule is C=CC(c1ccc(Cl)cc1)S(=O)(=O)N1CCNCC1. The van der Waals surface area contributed by atoms with Crippen molar-refractivity contribution >= 4 is 21.6 Å². The highest BCUT2D eigenvalue weighted by Gasteiger charge is 2.31. The van der Waals surface area contributed by atoms with E-state index < -0.39 is 15.3 Å². The van der Waals surface area contributed by atoms with Crippen LogP contribution >= 0.6 is 11.6 Å². The average Bonchev–Trinajstić information content (AvgIpc) is 2.42. The van der Waals surface area contributed by atoms with Crippen molar-refractivity contribution in [2.24, 2.45) is 0 Å². The van der Waals surface area contributed by atoms with Crippen LogP contribution < -0.4 is 5.32 Å². The van der Waals surface area contributed by atoms with Crippen molar-refractivity contribution in [2.75, 3.05) is 26.2 Å². The van der Waals surface area contributed by atoms with Crippen LogP contribution in [0.3, 0.4) is 0 Å². The lowest BCUT2D eigenvalue weighted by Crippen LogP contribution is -2.47. The second kappa shape index (κ2) is 6.05. The van der Waals surface area contributed by atoms with Gasteiger partial charge in [0, 0.05) is 31.2 Å². The van der Waals surface area contributed by atoms with Gasteiger partial charge in [-0.15, -0.1) is 6.58 Å². The van der Waals surface area contributed by atoms with Crippen LogP contribution in [-0.4, -0.2) is 38.9 Å². The van der Waals surface area contributed by atoms with Crippen LogP contribution in [0.2, 0.25) is 5.02 Å². The summed E-state index contributed by atoms with van der Waals surface area (Å²) in [4.78, 5) is 0. The minimum absolute atomic E-state index is 0.500. The number of hydrogen-bond acceptors (Lipinski definition) is 3. The zero-order valence-corrected chi connectivity index (χ0v) is 12.1. The van der Waals surface area contributed by atoms with E-state index in [4.69, 9.17) is 11.6 Å². The van der Waals surface area contributed by atoms with Crippen LogP contribution in [0.5, 0.6) is 0 Å². The standard InChI is InChI=1S/C13H17ClN2O2S/c1-2-13(11-3-5-12(14)6-4-11)19(17,18)16-9-7-15-8-10-16/h2-6,13,15H,1,7-10H2. The molecular weight excluding hydrogens is 284 g/mol. The molecule has 1 saturated heterocycles. The van der Waals surface area contributed by atoms with E-state index >= 15 is 0 Å². The third-order valence-electron chi connectivity index (χ3n) is 3.17. The molecule has 1 aliphatic heterocycles. The summed E-state index contributed by atoms with van der Waals surface area (Å²) in [6, 6.07) is 6.85. The van der Waals surface area contributed by atoms with Crippen LogP contribution in [0.15, 0.2) is 36.9 Å². The Labute approximate surface area is 119 Å². The van der Waals surface area contributed by atoms with Crippen LogP contribution in [0.25, 0.3) is 0 Å². The van der Waals surface area contributed by atoms with E-state index in [1.807, 2.05) is 0 Å². The number of piperazine rings is 1. The van der Waals surface area contributed by atoms with Gasteiger partial charge in [-0.1, -0.05) is 29.8 Å². The molecule has 1 aromatic rings. The van der Waals surface area contributed by atoms with Gasteiger partial charge in [-0.2, -0.15) is 4.31 Å². The van der Waals surface area contributed by atoms with Gasteiger partial charge in [0.1, 0.15) is 5.25 Å². The van der Waals surface area contributed by atoms with E-state index in [1.54, 1.807) is 24.3 Å². The maximum absolute atomic E-state index is 12.6. The minimum atomic E-state index is -3.41. The number of nitrogens with one attached hydrogen (secondary N) is 1. The Morgan fingerprint density at radius 1 is 1.26 bits per heavy atom. The van der Waals surface area contributed by atoms with Crippen molar-refractivity contribution < 1.29 is 8.42 Å². The molecule has 0 spiro atoms. The second-order valence-corrected chi connectivity index (χ2v) is 6.89. The van der Waals surface area contributed by atoms with Crippen LogP contribution in [0, 0.1) is 0 Å². The van der Waals surface area contributed by atoms with Crippen molar-refractivity contribution in [1.29, 1.82) is 0 Å². The second-order valence-electron chi connectivity index (χ2n) is 4.40. The lowest BCUT2D eigenvalue weighted by molar-refractivity contribution is 0.358. The molecule has 0 aromatic heterocycles. The van der Waals surface area contributed by atoms with Crippen molar-refractivity contribution in [1.82, 2.24) is 9.62 Å². The quantitative estimate of drug-likeness (QED) is 0.863.